The lowest BCUT2D eigenvalue weighted by Gasteiger charge is -2.11. The Morgan fingerprint density at radius 3 is 2.48 bits per heavy atom. The zero-order valence-corrected chi connectivity index (χ0v) is 12.7. The molecule has 0 saturated heterocycles. The summed E-state index contributed by atoms with van der Waals surface area (Å²) in [4.78, 5) is 4.56. The summed E-state index contributed by atoms with van der Waals surface area (Å²) >= 11 is 5.81. The predicted molar refractivity (Wildman–Crippen MR) is 89.8 cm³/mol. The lowest BCUT2D eigenvalue weighted by atomic mass is 10.1. The van der Waals surface area contributed by atoms with E-state index in [0.29, 0.717) is 5.88 Å². The molecule has 1 N–H and O–H groups in total. The molecule has 0 spiro atoms. The van der Waals surface area contributed by atoms with E-state index in [1.54, 1.807) is 0 Å². The van der Waals surface area contributed by atoms with Gasteiger partial charge in [0.25, 0.3) is 0 Å². The summed E-state index contributed by atoms with van der Waals surface area (Å²) in [5.74, 6) is 0.557. The zero-order chi connectivity index (χ0) is 14.7. The van der Waals surface area contributed by atoms with Gasteiger partial charge >= 0.3 is 0 Å². The molecule has 0 aliphatic heterocycles. The molecule has 106 valence electrons. The standard InChI is InChI=1S/C18H17ClN2/c1-13-10-18(16-4-2-3-5-17(16)21-13)20-12-15-8-6-14(11-19)7-9-15/h2-10H,11-12H2,1H3,(H,20,21). The van der Waals surface area contributed by atoms with Gasteiger partial charge < -0.3 is 5.32 Å². The van der Waals surface area contributed by atoms with Crippen molar-refractivity contribution < 1.29 is 0 Å². The van der Waals surface area contributed by atoms with Gasteiger partial charge in [-0.15, -0.1) is 11.6 Å². The smallest absolute Gasteiger partial charge is 0.0725 e. The van der Waals surface area contributed by atoms with Crippen LogP contribution in [-0.4, -0.2) is 4.98 Å². The Hall–Kier alpha value is -2.06. The van der Waals surface area contributed by atoms with Crippen molar-refractivity contribution in [3.05, 3.63) is 71.4 Å². The summed E-state index contributed by atoms with van der Waals surface area (Å²) < 4.78 is 0. The maximum Gasteiger partial charge on any atom is 0.0725 e. The van der Waals surface area contributed by atoms with Crippen molar-refractivity contribution >= 4 is 28.2 Å². The van der Waals surface area contributed by atoms with Crippen LogP contribution in [-0.2, 0) is 12.4 Å². The van der Waals surface area contributed by atoms with E-state index in [4.69, 9.17) is 11.6 Å². The second-order valence-corrected chi connectivity index (χ2v) is 5.40. The molecule has 0 radical (unpaired) electrons. The van der Waals surface area contributed by atoms with Crippen LogP contribution in [0.1, 0.15) is 16.8 Å². The molecule has 21 heavy (non-hydrogen) atoms. The topological polar surface area (TPSA) is 24.9 Å². The minimum absolute atomic E-state index is 0.557. The fourth-order valence-corrected chi connectivity index (χ4v) is 2.58. The number of hydrogen-bond acceptors (Lipinski definition) is 2. The first kappa shape index (κ1) is 13.9. The van der Waals surface area contributed by atoms with Gasteiger partial charge in [-0.25, -0.2) is 0 Å². The number of anilines is 1. The third-order valence-electron chi connectivity index (χ3n) is 3.50. The van der Waals surface area contributed by atoms with Crippen LogP contribution in [0, 0.1) is 6.92 Å². The van der Waals surface area contributed by atoms with Crippen LogP contribution in [0.2, 0.25) is 0 Å². The highest BCUT2D eigenvalue weighted by atomic mass is 35.5. The van der Waals surface area contributed by atoms with E-state index in [1.165, 1.54) is 5.56 Å². The summed E-state index contributed by atoms with van der Waals surface area (Å²) in [6.07, 6.45) is 0. The zero-order valence-electron chi connectivity index (χ0n) is 11.9. The number of nitrogens with zero attached hydrogens (tertiary/aromatic N) is 1. The molecule has 0 atom stereocenters. The normalized spacial score (nSPS) is 10.8. The second-order valence-electron chi connectivity index (χ2n) is 5.13. The van der Waals surface area contributed by atoms with Gasteiger partial charge in [-0.1, -0.05) is 42.5 Å². The van der Waals surface area contributed by atoms with Crippen LogP contribution in [0.5, 0.6) is 0 Å². The van der Waals surface area contributed by atoms with E-state index in [2.05, 4.69) is 46.7 Å². The molecule has 0 saturated carbocycles. The van der Waals surface area contributed by atoms with E-state index in [9.17, 15) is 0 Å². The van der Waals surface area contributed by atoms with Crippen molar-refractivity contribution in [1.29, 1.82) is 0 Å². The number of aromatic nitrogens is 1. The number of hydrogen-bond donors (Lipinski definition) is 1. The van der Waals surface area contributed by atoms with Gasteiger partial charge in [0.15, 0.2) is 0 Å². The lowest BCUT2D eigenvalue weighted by molar-refractivity contribution is 1.14. The van der Waals surface area contributed by atoms with E-state index in [0.717, 1.165) is 34.4 Å². The van der Waals surface area contributed by atoms with Crippen LogP contribution >= 0.6 is 11.6 Å². The number of para-hydroxylation sites is 1. The Balaban J connectivity index is 1.84. The van der Waals surface area contributed by atoms with Crippen LogP contribution in [0.15, 0.2) is 54.6 Å². The highest BCUT2D eigenvalue weighted by molar-refractivity contribution is 6.17. The van der Waals surface area contributed by atoms with E-state index in [-0.39, 0.29) is 0 Å². The van der Waals surface area contributed by atoms with Crippen molar-refractivity contribution in [3.63, 3.8) is 0 Å². The highest BCUT2D eigenvalue weighted by Gasteiger charge is 2.03. The quantitative estimate of drug-likeness (QED) is 0.693. The minimum Gasteiger partial charge on any atom is -0.380 e. The Labute approximate surface area is 129 Å². The number of nitrogens with one attached hydrogen (secondary N) is 1. The maximum atomic E-state index is 5.81. The molecule has 3 aromatic rings. The van der Waals surface area contributed by atoms with Gasteiger partial charge in [0.1, 0.15) is 0 Å². The van der Waals surface area contributed by atoms with Crippen molar-refractivity contribution in [2.45, 2.75) is 19.3 Å². The van der Waals surface area contributed by atoms with Gasteiger partial charge in [0.05, 0.1) is 5.52 Å². The molecule has 0 aliphatic carbocycles. The van der Waals surface area contributed by atoms with Gasteiger partial charge in [0.2, 0.25) is 0 Å². The lowest BCUT2D eigenvalue weighted by Crippen LogP contribution is -2.01. The molecule has 0 bridgehead atoms. The first-order valence-corrected chi connectivity index (χ1v) is 7.54. The van der Waals surface area contributed by atoms with Crippen LogP contribution in [0.3, 0.4) is 0 Å². The third-order valence-corrected chi connectivity index (χ3v) is 3.81. The van der Waals surface area contributed by atoms with Crippen LogP contribution in [0.25, 0.3) is 10.9 Å². The molecule has 1 aromatic heterocycles. The van der Waals surface area contributed by atoms with Crippen molar-refractivity contribution in [3.8, 4) is 0 Å². The number of fused-ring (bicyclic) bond motifs is 1. The van der Waals surface area contributed by atoms with E-state index < -0.39 is 0 Å². The molecule has 0 amide bonds. The number of halogens is 1. The monoisotopic (exact) mass is 296 g/mol. The summed E-state index contributed by atoms with van der Waals surface area (Å²) in [6, 6.07) is 18.7. The van der Waals surface area contributed by atoms with Gasteiger partial charge in [0, 0.05) is 29.2 Å². The summed E-state index contributed by atoms with van der Waals surface area (Å²) in [6.45, 7) is 2.81. The molecule has 2 nitrogen and oxygen atoms in total. The minimum atomic E-state index is 0.557. The molecule has 3 rings (SSSR count). The SMILES string of the molecule is Cc1cc(NCc2ccc(CCl)cc2)c2ccccc2n1. The molecular weight excluding hydrogens is 280 g/mol. The van der Waals surface area contributed by atoms with E-state index >= 15 is 0 Å². The maximum absolute atomic E-state index is 5.81. The van der Waals surface area contributed by atoms with Crippen LogP contribution in [0.4, 0.5) is 5.69 Å². The number of alkyl halides is 1. The van der Waals surface area contributed by atoms with Gasteiger partial charge in [-0.3, -0.25) is 4.98 Å². The number of benzene rings is 2. The molecule has 0 unspecified atom stereocenters. The predicted octanol–water partition coefficient (Wildman–Crippen LogP) is 4.89. The Kier molecular flexibility index (Phi) is 4.07. The Morgan fingerprint density at radius 1 is 1.00 bits per heavy atom. The number of rotatable bonds is 4. The Bertz CT molecular complexity index is 751. The average molecular weight is 297 g/mol. The molecular formula is C18H17ClN2. The fourth-order valence-electron chi connectivity index (χ4n) is 2.40. The number of aryl methyl sites for hydroxylation is 1. The molecule has 2 aromatic carbocycles. The fraction of sp³-hybridized carbons (Fsp3) is 0.167. The average Bonchev–Trinajstić information content (AvgIpc) is 2.53. The van der Waals surface area contributed by atoms with Crippen LogP contribution < -0.4 is 5.32 Å². The largest absolute Gasteiger partial charge is 0.380 e. The van der Waals surface area contributed by atoms with E-state index in [1.807, 2.05) is 25.1 Å². The molecule has 1 heterocycles. The number of pyridine rings is 1. The summed E-state index contributed by atoms with van der Waals surface area (Å²) in [7, 11) is 0. The second kappa shape index (κ2) is 6.15. The van der Waals surface area contributed by atoms with Crippen molar-refractivity contribution in [2.24, 2.45) is 0 Å². The first-order chi connectivity index (χ1) is 10.3. The summed E-state index contributed by atoms with van der Waals surface area (Å²) in [5.41, 5.74) is 5.55. The van der Waals surface area contributed by atoms with Crippen molar-refractivity contribution in [1.82, 2.24) is 4.98 Å². The Morgan fingerprint density at radius 2 is 1.71 bits per heavy atom. The van der Waals surface area contributed by atoms with Crippen molar-refractivity contribution in [2.75, 3.05) is 5.32 Å². The molecule has 3 heteroatoms. The van der Waals surface area contributed by atoms with Gasteiger partial charge in [-0.2, -0.15) is 0 Å². The van der Waals surface area contributed by atoms with Gasteiger partial charge in [-0.05, 0) is 30.2 Å². The first-order valence-electron chi connectivity index (χ1n) is 7.00. The summed E-state index contributed by atoms with van der Waals surface area (Å²) in [5, 5.41) is 4.66. The third kappa shape index (κ3) is 3.17. The molecule has 0 fully saturated rings. The highest BCUT2D eigenvalue weighted by Crippen LogP contribution is 2.23. The molecule has 0 aliphatic rings.